The van der Waals surface area contributed by atoms with Crippen LogP contribution < -0.4 is 9.80 Å². The van der Waals surface area contributed by atoms with Crippen LogP contribution in [-0.4, -0.2) is 0 Å². The van der Waals surface area contributed by atoms with E-state index >= 15 is 0 Å². The summed E-state index contributed by atoms with van der Waals surface area (Å²) in [6.45, 7) is 9.60. The van der Waals surface area contributed by atoms with Crippen LogP contribution in [-0.2, 0) is 10.8 Å². The molecule has 12 aromatic carbocycles. The molecule has 0 atom stereocenters. The van der Waals surface area contributed by atoms with E-state index in [4.69, 9.17) is 0 Å². The van der Waals surface area contributed by atoms with Crippen LogP contribution in [0.15, 0.2) is 255 Å². The average Bonchev–Trinajstić information content (AvgIpc) is 3.82. The molecule has 0 saturated heterocycles. The van der Waals surface area contributed by atoms with Gasteiger partial charge in [0.15, 0.2) is 0 Å². The number of hydrogen-bond acceptors (Lipinski definition) is 2. The summed E-state index contributed by atoms with van der Waals surface area (Å²) in [6, 6.07) is 94.4. The minimum absolute atomic E-state index is 0.225. The lowest BCUT2D eigenvalue weighted by molar-refractivity contribution is 0.660. The SMILES string of the molecule is CC1(C)c2cc(-c3cc4cc(-c5ccc6c(c5)C(C)(C)c5cc(N(c7ccccc7)c7ccccc7)ccc5-6)c5ccccc5c4c4ccccc34)ccc2-c2ccc(N(c3ccccc3)c3ccccc3)cc21. The largest absolute Gasteiger partial charge is 0.310 e. The highest BCUT2D eigenvalue weighted by atomic mass is 15.1. The van der Waals surface area contributed by atoms with Gasteiger partial charge in [-0.2, -0.15) is 0 Å². The summed E-state index contributed by atoms with van der Waals surface area (Å²) in [7, 11) is 0. The van der Waals surface area contributed by atoms with Crippen LogP contribution in [0.3, 0.4) is 0 Å². The molecule has 2 aliphatic rings. The summed E-state index contributed by atoms with van der Waals surface area (Å²) >= 11 is 0. The molecule has 0 aromatic heterocycles. The van der Waals surface area contributed by atoms with Gasteiger partial charge in [0, 0.05) is 45.0 Å². The Morgan fingerprint density at radius 1 is 0.243 bits per heavy atom. The zero-order chi connectivity index (χ0) is 49.7. The maximum absolute atomic E-state index is 2.49. The van der Waals surface area contributed by atoms with Crippen LogP contribution >= 0.6 is 0 Å². The molecule has 0 radical (unpaired) electrons. The van der Waals surface area contributed by atoms with E-state index in [9.17, 15) is 0 Å². The molecule has 352 valence electrons. The first kappa shape index (κ1) is 43.8. The van der Waals surface area contributed by atoms with Crippen molar-refractivity contribution in [1.82, 2.24) is 0 Å². The standard InChI is InChI=1S/C72H54N2/c1-71(2)66-43-47(33-37-58(66)60-39-35-54(45-68(60)71)73(50-21-9-5-10-22-50)51-23-11-6-12-24-51)64-41-49-42-65(57-30-18-20-32-63(57)70(49)62-31-19-17-29-56(62)64)48-34-38-59-61-40-36-55(46-69(61)72(3,4)67(59)44-48)74(52-25-13-7-14-26-52)53-27-15-8-16-28-53/h5-46H,1-4H3. The molecule has 0 spiro atoms. The molecule has 0 saturated carbocycles. The third kappa shape index (κ3) is 6.78. The van der Waals surface area contributed by atoms with Crippen molar-refractivity contribution in [2.24, 2.45) is 0 Å². The van der Waals surface area contributed by atoms with Crippen molar-refractivity contribution in [2.75, 3.05) is 9.80 Å². The predicted octanol–water partition coefficient (Wildman–Crippen LogP) is 20.0. The van der Waals surface area contributed by atoms with Gasteiger partial charge in [-0.05, 0) is 196 Å². The summed E-state index contributed by atoms with van der Waals surface area (Å²) in [4.78, 5) is 4.74. The summed E-state index contributed by atoms with van der Waals surface area (Å²) in [5.41, 5.74) is 22.1. The third-order valence-corrected chi connectivity index (χ3v) is 16.4. The zero-order valence-electron chi connectivity index (χ0n) is 42.1. The first-order chi connectivity index (χ1) is 36.2. The molecular formula is C72H54N2. The molecule has 0 heterocycles. The predicted molar refractivity (Wildman–Crippen MR) is 314 cm³/mol. The molecular weight excluding hydrogens is 893 g/mol. The Hall–Kier alpha value is -8.98. The normalized spacial score (nSPS) is 13.6. The highest BCUT2D eigenvalue weighted by Gasteiger charge is 2.38. The topological polar surface area (TPSA) is 6.48 Å². The Kier molecular flexibility index (Phi) is 9.94. The molecule has 2 heteroatoms. The average molecular weight is 947 g/mol. The summed E-state index contributed by atoms with van der Waals surface area (Å²) < 4.78 is 0. The molecule has 2 aliphatic carbocycles. The molecule has 0 amide bonds. The second kappa shape index (κ2) is 16.8. The van der Waals surface area contributed by atoms with Crippen molar-refractivity contribution < 1.29 is 0 Å². The van der Waals surface area contributed by atoms with Crippen molar-refractivity contribution in [3.63, 3.8) is 0 Å². The molecule has 2 nitrogen and oxygen atoms in total. The lowest BCUT2D eigenvalue weighted by atomic mass is 9.80. The molecule has 0 N–H and O–H groups in total. The number of anilines is 6. The van der Waals surface area contributed by atoms with Crippen molar-refractivity contribution in [2.45, 2.75) is 38.5 Å². The molecule has 0 bridgehead atoms. The molecule has 74 heavy (non-hydrogen) atoms. The Morgan fingerprint density at radius 2 is 0.541 bits per heavy atom. The van der Waals surface area contributed by atoms with E-state index in [-0.39, 0.29) is 10.8 Å². The highest BCUT2D eigenvalue weighted by Crippen LogP contribution is 2.54. The number of hydrogen-bond donors (Lipinski definition) is 0. The van der Waals surface area contributed by atoms with Crippen molar-refractivity contribution >= 4 is 66.4 Å². The maximum atomic E-state index is 2.49. The van der Waals surface area contributed by atoms with Crippen molar-refractivity contribution in [3.05, 3.63) is 277 Å². The fraction of sp³-hybridized carbons (Fsp3) is 0.0833. The molecule has 0 fully saturated rings. The fourth-order valence-corrected chi connectivity index (χ4v) is 12.7. The Balaban J connectivity index is 0.874. The monoisotopic (exact) mass is 946 g/mol. The van der Waals surface area contributed by atoms with Gasteiger partial charge in [-0.1, -0.05) is 185 Å². The first-order valence-electron chi connectivity index (χ1n) is 26.0. The van der Waals surface area contributed by atoms with Gasteiger partial charge in [0.25, 0.3) is 0 Å². The summed E-state index contributed by atoms with van der Waals surface area (Å²) in [5.74, 6) is 0. The Bertz CT molecular complexity index is 3830. The fourth-order valence-electron chi connectivity index (χ4n) is 12.7. The number of rotatable bonds is 8. The van der Waals surface area contributed by atoms with E-state index in [2.05, 4.69) is 292 Å². The molecule has 14 rings (SSSR count). The van der Waals surface area contributed by atoms with Gasteiger partial charge >= 0.3 is 0 Å². The highest BCUT2D eigenvalue weighted by molar-refractivity contribution is 6.26. The van der Waals surface area contributed by atoms with Gasteiger partial charge in [0.1, 0.15) is 0 Å². The lowest BCUT2D eigenvalue weighted by Gasteiger charge is -2.28. The van der Waals surface area contributed by atoms with E-state index in [0.717, 1.165) is 34.1 Å². The van der Waals surface area contributed by atoms with Gasteiger partial charge in [0.05, 0.1) is 0 Å². The van der Waals surface area contributed by atoms with Gasteiger partial charge < -0.3 is 9.80 Å². The van der Waals surface area contributed by atoms with Gasteiger partial charge in [-0.25, -0.2) is 0 Å². The van der Waals surface area contributed by atoms with Crippen LogP contribution in [0.2, 0.25) is 0 Å². The van der Waals surface area contributed by atoms with E-state index in [1.165, 1.54) is 99.1 Å². The second-order valence-corrected chi connectivity index (χ2v) is 21.3. The van der Waals surface area contributed by atoms with Gasteiger partial charge in [-0.15, -0.1) is 0 Å². The zero-order valence-corrected chi connectivity index (χ0v) is 42.1. The Morgan fingerprint density at radius 3 is 0.892 bits per heavy atom. The molecule has 0 unspecified atom stereocenters. The van der Waals surface area contributed by atoms with E-state index < -0.39 is 0 Å². The number of nitrogens with zero attached hydrogens (tertiary/aromatic N) is 2. The summed E-state index contributed by atoms with van der Waals surface area (Å²) in [5, 5.41) is 7.64. The van der Waals surface area contributed by atoms with E-state index in [1.54, 1.807) is 0 Å². The van der Waals surface area contributed by atoms with Gasteiger partial charge in [-0.3, -0.25) is 0 Å². The van der Waals surface area contributed by atoms with Crippen LogP contribution in [0.4, 0.5) is 34.1 Å². The van der Waals surface area contributed by atoms with Crippen LogP contribution in [0.25, 0.3) is 76.8 Å². The van der Waals surface area contributed by atoms with Gasteiger partial charge in [0.2, 0.25) is 0 Å². The lowest BCUT2D eigenvalue weighted by Crippen LogP contribution is -2.16. The number of para-hydroxylation sites is 4. The minimum Gasteiger partial charge on any atom is -0.310 e. The maximum Gasteiger partial charge on any atom is 0.0465 e. The summed E-state index contributed by atoms with van der Waals surface area (Å²) in [6.07, 6.45) is 0. The van der Waals surface area contributed by atoms with Crippen molar-refractivity contribution in [1.29, 1.82) is 0 Å². The molecule has 0 aliphatic heterocycles. The van der Waals surface area contributed by atoms with E-state index in [0.29, 0.717) is 0 Å². The molecule has 12 aromatic rings. The first-order valence-corrected chi connectivity index (χ1v) is 26.0. The third-order valence-electron chi connectivity index (χ3n) is 16.4. The quantitative estimate of drug-likeness (QED) is 0.140. The number of benzene rings is 12. The second-order valence-electron chi connectivity index (χ2n) is 21.3. The van der Waals surface area contributed by atoms with Crippen LogP contribution in [0, 0.1) is 0 Å². The van der Waals surface area contributed by atoms with Crippen LogP contribution in [0.1, 0.15) is 49.9 Å². The van der Waals surface area contributed by atoms with Crippen molar-refractivity contribution in [3.8, 4) is 44.5 Å². The van der Waals surface area contributed by atoms with E-state index in [1.807, 2.05) is 0 Å². The Labute approximate surface area is 434 Å². The minimum atomic E-state index is -0.225. The number of fused-ring (bicyclic) bond motifs is 11. The smallest absolute Gasteiger partial charge is 0.0465 e. The van der Waals surface area contributed by atoms with Crippen LogP contribution in [0.5, 0.6) is 0 Å².